The first-order valence-electron chi connectivity index (χ1n) is 13.0. The number of rotatable bonds is 7. The first-order chi connectivity index (χ1) is 18.2. The average Bonchev–Trinajstić information content (AvgIpc) is 3.14. The van der Waals surface area contributed by atoms with Crippen molar-refractivity contribution >= 4 is 33.4 Å². The fourth-order valence-electron chi connectivity index (χ4n) is 4.73. The van der Waals surface area contributed by atoms with Crippen LogP contribution in [0, 0.1) is 12.8 Å². The van der Waals surface area contributed by atoms with Gasteiger partial charge in [0.15, 0.2) is 5.03 Å². The van der Waals surface area contributed by atoms with Gasteiger partial charge in [0.2, 0.25) is 0 Å². The van der Waals surface area contributed by atoms with Crippen LogP contribution in [0.3, 0.4) is 0 Å². The van der Waals surface area contributed by atoms with Gasteiger partial charge in [-0.2, -0.15) is 8.42 Å². The van der Waals surface area contributed by atoms with Crippen molar-refractivity contribution in [3.8, 4) is 11.3 Å². The second-order valence-electron chi connectivity index (χ2n) is 11.0. The highest BCUT2D eigenvalue weighted by molar-refractivity contribution is 7.90. The molecular formula is C28H37N7O3S. The first kappa shape index (κ1) is 28.3. The van der Waals surface area contributed by atoms with Gasteiger partial charge in [0.1, 0.15) is 17.5 Å². The molecule has 1 unspecified atom stereocenters. The van der Waals surface area contributed by atoms with Crippen molar-refractivity contribution in [2.45, 2.75) is 64.6 Å². The second-order valence-corrected chi connectivity index (χ2v) is 12.6. The van der Waals surface area contributed by atoms with E-state index in [0.717, 1.165) is 23.4 Å². The Morgan fingerprint density at radius 3 is 2.51 bits per heavy atom. The third-order valence-corrected chi connectivity index (χ3v) is 9.00. The number of nitrogens with one attached hydrogen (secondary N) is 1. The number of nitrogens with zero attached hydrogens (tertiary/aromatic N) is 5. The Morgan fingerprint density at radius 2 is 1.92 bits per heavy atom. The molecule has 39 heavy (non-hydrogen) atoms. The first-order valence-corrected chi connectivity index (χ1v) is 14.5. The van der Waals surface area contributed by atoms with Gasteiger partial charge in [-0.25, -0.2) is 19.7 Å². The predicted molar refractivity (Wildman–Crippen MR) is 154 cm³/mol. The highest BCUT2D eigenvalue weighted by Gasteiger charge is 2.41. The number of pyridine rings is 3. The molecule has 208 valence electrons. The smallest absolute Gasteiger partial charge is 0.281 e. The number of nitrogen functional groups attached to an aromatic ring is 1. The summed E-state index contributed by atoms with van der Waals surface area (Å²) >= 11 is 0. The third-order valence-electron chi connectivity index (χ3n) is 7.77. The molecule has 10 nitrogen and oxygen atoms in total. The minimum absolute atomic E-state index is 0.0411. The van der Waals surface area contributed by atoms with E-state index in [0.29, 0.717) is 30.0 Å². The number of amides is 1. The molecule has 1 saturated heterocycles. The van der Waals surface area contributed by atoms with Crippen LogP contribution in [0.25, 0.3) is 11.3 Å². The molecule has 1 atom stereocenters. The Hall–Kier alpha value is -3.73. The molecule has 0 radical (unpaired) electrons. The maximum Gasteiger partial charge on any atom is 0.281 e. The minimum atomic E-state index is -4.25. The Morgan fingerprint density at radius 1 is 1.21 bits per heavy atom. The Kier molecular flexibility index (Phi) is 7.57. The van der Waals surface area contributed by atoms with E-state index >= 15 is 0 Å². The van der Waals surface area contributed by atoms with Gasteiger partial charge < -0.3 is 15.5 Å². The quantitative estimate of drug-likeness (QED) is 0.446. The van der Waals surface area contributed by atoms with Crippen LogP contribution in [-0.4, -0.2) is 54.5 Å². The average molecular weight is 552 g/mol. The number of aromatic nitrogens is 3. The van der Waals surface area contributed by atoms with Crippen LogP contribution in [-0.2, 0) is 10.0 Å². The Labute approximate surface area is 230 Å². The zero-order chi connectivity index (χ0) is 28.7. The van der Waals surface area contributed by atoms with E-state index in [-0.39, 0.29) is 21.9 Å². The summed E-state index contributed by atoms with van der Waals surface area (Å²) in [6.45, 7) is 13.3. The topological polar surface area (TPSA) is 134 Å². The van der Waals surface area contributed by atoms with Crippen LogP contribution in [0.15, 0.2) is 47.6 Å². The van der Waals surface area contributed by atoms with E-state index in [1.165, 1.54) is 18.2 Å². The molecule has 0 aromatic carbocycles. The van der Waals surface area contributed by atoms with Crippen LogP contribution in [0.5, 0.6) is 0 Å². The molecule has 1 fully saturated rings. The monoisotopic (exact) mass is 551 g/mol. The van der Waals surface area contributed by atoms with Crippen molar-refractivity contribution in [1.82, 2.24) is 19.7 Å². The molecule has 1 aliphatic heterocycles. The number of carbonyl (C=O) groups is 1. The number of nitrogens with two attached hydrogens (primary N) is 1. The van der Waals surface area contributed by atoms with Crippen LogP contribution in [0.1, 0.15) is 57.0 Å². The van der Waals surface area contributed by atoms with E-state index in [1.807, 2.05) is 20.0 Å². The lowest BCUT2D eigenvalue weighted by molar-refractivity contribution is 0.0981. The predicted octanol–water partition coefficient (Wildman–Crippen LogP) is 4.02. The van der Waals surface area contributed by atoms with E-state index in [9.17, 15) is 13.2 Å². The summed E-state index contributed by atoms with van der Waals surface area (Å²) < 4.78 is 28.0. The van der Waals surface area contributed by atoms with Gasteiger partial charge in [0, 0.05) is 36.9 Å². The molecule has 0 spiro atoms. The molecule has 0 aliphatic carbocycles. The van der Waals surface area contributed by atoms with Crippen molar-refractivity contribution in [3.63, 3.8) is 0 Å². The molecular weight excluding hydrogens is 514 g/mol. The van der Waals surface area contributed by atoms with E-state index in [1.54, 1.807) is 18.3 Å². The van der Waals surface area contributed by atoms with Gasteiger partial charge in [-0.15, -0.1) is 0 Å². The highest BCUT2D eigenvalue weighted by Crippen LogP contribution is 2.39. The van der Waals surface area contributed by atoms with Crippen molar-refractivity contribution in [2.24, 2.45) is 5.92 Å². The van der Waals surface area contributed by atoms with Crippen molar-refractivity contribution < 1.29 is 13.2 Å². The van der Waals surface area contributed by atoms with Crippen molar-refractivity contribution in [3.05, 3.63) is 53.7 Å². The van der Waals surface area contributed by atoms with Crippen molar-refractivity contribution in [1.29, 1.82) is 0 Å². The van der Waals surface area contributed by atoms with Gasteiger partial charge in [-0.3, -0.25) is 4.79 Å². The molecule has 11 heteroatoms. The second kappa shape index (κ2) is 10.4. The largest absolute Gasteiger partial charge is 0.384 e. The number of hydrogen-bond acceptors (Lipinski definition) is 9. The molecule has 1 amide bonds. The summed E-state index contributed by atoms with van der Waals surface area (Å²) in [5.74, 6) is 0.913. The Balaban J connectivity index is 1.77. The number of carbonyl (C=O) groups excluding carboxylic acids is 1. The summed E-state index contributed by atoms with van der Waals surface area (Å²) in [6.07, 6.45) is 2.70. The summed E-state index contributed by atoms with van der Waals surface area (Å²) in [5.41, 5.74) is 7.98. The van der Waals surface area contributed by atoms with Gasteiger partial charge in [0.25, 0.3) is 15.9 Å². The third kappa shape index (κ3) is 5.54. The van der Waals surface area contributed by atoms with Gasteiger partial charge in [-0.1, -0.05) is 13.0 Å². The van der Waals surface area contributed by atoms with Crippen LogP contribution in [0.4, 0.5) is 17.5 Å². The van der Waals surface area contributed by atoms with Crippen molar-refractivity contribution in [2.75, 3.05) is 29.1 Å². The van der Waals surface area contributed by atoms with Crippen LogP contribution < -0.4 is 20.3 Å². The van der Waals surface area contributed by atoms with Gasteiger partial charge in [0.05, 0.1) is 11.3 Å². The summed E-state index contributed by atoms with van der Waals surface area (Å²) in [7, 11) is -2.24. The number of hydrogen-bond donors (Lipinski definition) is 2. The fraction of sp³-hybridized carbons (Fsp3) is 0.429. The SMILES string of the molecule is Cc1cc(-c2ccc(C(=O)NS(=O)(=O)c3cccc(N)n3)c(N3CCC(C)C3(C)C)n2)cnc1N(C)C(C)C. The molecule has 3 N–H and O–H groups in total. The van der Waals surface area contributed by atoms with Gasteiger partial charge in [-0.05, 0) is 82.9 Å². The molecule has 3 aromatic rings. The highest BCUT2D eigenvalue weighted by atomic mass is 32.2. The maximum absolute atomic E-state index is 13.4. The van der Waals surface area contributed by atoms with E-state index in [2.05, 4.69) is 59.1 Å². The molecule has 3 aromatic heterocycles. The van der Waals surface area contributed by atoms with Crippen LogP contribution >= 0.6 is 0 Å². The lowest BCUT2D eigenvalue weighted by Crippen LogP contribution is -2.43. The lowest BCUT2D eigenvalue weighted by Gasteiger charge is -2.36. The zero-order valence-electron chi connectivity index (χ0n) is 23.6. The molecule has 0 saturated carbocycles. The lowest BCUT2D eigenvalue weighted by atomic mass is 9.90. The molecule has 4 heterocycles. The van der Waals surface area contributed by atoms with Crippen LogP contribution in [0.2, 0.25) is 0 Å². The van der Waals surface area contributed by atoms with E-state index in [4.69, 9.17) is 10.7 Å². The number of anilines is 3. The van der Waals surface area contributed by atoms with Gasteiger partial charge >= 0.3 is 0 Å². The summed E-state index contributed by atoms with van der Waals surface area (Å²) in [6, 6.07) is 9.90. The maximum atomic E-state index is 13.4. The standard InChI is InChI=1S/C28H37N7O3S/c1-17(2)34(7)25-18(3)15-20(16-30-25)22-12-11-21(26(31-22)35-14-13-19(4)28(35,5)6)27(36)33-39(37,38)24-10-8-9-23(29)32-24/h8-12,15-17,19H,13-14H2,1-7H3,(H2,29,32)(H,33,36). The Bertz CT molecular complexity index is 1500. The summed E-state index contributed by atoms with van der Waals surface area (Å²) in [4.78, 5) is 31.1. The minimum Gasteiger partial charge on any atom is -0.384 e. The fourth-order valence-corrected chi connectivity index (χ4v) is 5.67. The van der Waals surface area contributed by atoms with E-state index < -0.39 is 15.9 Å². The molecule has 0 bridgehead atoms. The zero-order valence-corrected chi connectivity index (χ0v) is 24.4. The summed E-state index contributed by atoms with van der Waals surface area (Å²) in [5, 5.41) is -0.329. The molecule has 4 rings (SSSR count). The number of aryl methyl sites for hydroxylation is 1. The normalized spacial score (nSPS) is 16.9. The molecule has 1 aliphatic rings. The number of sulfonamides is 1.